The van der Waals surface area contributed by atoms with Crippen LogP contribution in [0.5, 0.6) is 11.5 Å². The number of anilines is 2. The number of nitrogen functional groups attached to an aromatic ring is 2. The topological polar surface area (TPSA) is 135 Å². The average molecular weight is 879 g/mol. The second-order valence-electron chi connectivity index (χ2n) is 17.9. The van der Waals surface area contributed by atoms with E-state index in [9.17, 15) is 5.11 Å². The summed E-state index contributed by atoms with van der Waals surface area (Å²) in [5.41, 5.74) is 19.4. The number of nitrogens with zero attached hydrogens (tertiary/aromatic N) is 3. The van der Waals surface area contributed by atoms with Crippen LogP contribution >= 0.6 is 0 Å². The maximum absolute atomic E-state index is 10.6. The van der Waals surface area contributed by atoms with Gasteiger partial charge in [0.1, 0.15) is 36.3 Å². The van der Waals surface area contributed by atoms with Gasteiger partial charge in [0.25, 0.3) is 0 Å². The smallest absolute Gasteiger partial charge is 0.192 e. The first-order valence-corrected chi connectivity index (χ1v) is 25.0. The van der Waals surface area contributed by atoms with E-state index in [0.29, 0.717) is 30.3 Å². The molecule has 0 unspecified atom stereocenters. The standard InChI is InChI=1S/C30H39N3O2Si.C23H27N3O2/c1-30(2,3)36(4,5)35-26(22-34-28-18-12-17-27-29(28)32-23-31-27)21-33(19-24-13-8-6-9-14-24)20-25-15-10-7-11-16-25;24-21-12-7-13-22(23(21)25)28-17-20(27)16-26(14-18-8-3-1-4-9-18)15-19-10-5-2-6-11-19/h6-18,23,26H,19-22H2,1-5H3,(H,31,32);1-13,20,27H,14-17,24-25H2/t26-;20-/m00/s1. The molecule has 10 nitrogen and oxygen atoms in total. The fourth-order valence-corrected chi connectivity index (χ4v) is 8.53. The molecule has 0 aliphatic heterocycles. The maximum atomic E-state index is 10.6. The number of hydrogen-bond acceptors (Lipinski definition) is 9. The van der Waals surface area contributed by atoms with Crippen LogP contribution in [-0.2, 0) is 30.6 Å². The summed E-state index contributed by atoms with van der Waals surface area (Å²) in [4.78, 5) is 12.3. The van der Waals surface area contributed by atoms with Gasteiger partial charge in [0, 0.05) is 39.3 Å². The molecular formula is C53H66N6O4Si. The third-order valence-electron chi connectivity index (χ3n) is 11.6. The number of ether oxygens (including phenoxy) is 2. The highest BCUT2D eigenvalue weighted by Gasteiger charge is 2.39. The molecule has 1 heterocycles. The van der Waals surface area contributed by atoms with Gasteiger partial charge in [-0.1, -0.05) is 154 Å². The Morgan fingerprint density at radius 2 is 1.05 bits per heavy atom. The number of hydrogen-bond donors (Lipinski definition) is 4. The zero-order valence-corrected chi connectivity index (χ0v) is 39.1. The number of nitrogens with two attached hydrogens (primary N) is 2. The molecule has 1 aromatic heterocycles. The van der Waals surface area contributed by atoms with Gasteiger partial charge in [-0.25, -0.2) is 4.98 Å². The molecule has 0 aliphatic carbocycles. The molecule has 0 saturated carbocycles. The molecule has 7 rings (SSSR count). The number of para-hydroxylation sites is 2. The van der Waals surface area contributed by atoms with Crippen molar-refractivity contribution in [3.8, 4) is 11.5 Å². The third kappa shape index (κ3) is 14.5. The van der Waals surface area contributed by atoms with Crippen molar-refractivity contribution in [3.05, 3.63) is 186 Å². The Balaban J connectivity index is 0.000000219. The Bertz CT molecular complexity index is 2330. The quantitative estimate of drug-likeness (QED) is 0.0436. The molecule has 0 saturated heterocycles. The summed E-state index contributed by atoms with van der Waals surface area (Å²) in [5.74, 6) is 1.28. The number of aliphatic hydroxyl groups excluding tert-OH is 1. The molecule has 0 radical (unpaired) electrons. The number of aliphatic hydroxyl groups is 1. The Morgan fingerprint density at radius 3 is 1.55 bits per heavy atom. The van der Waals surface area contributed by atoms with Crippen molar-refractivity contribution in [3.63, 3.8) is 0 Å². The molecule has 0 amide bonds. The largest absolute Gasteiger partial charge is 0.489 e. The van der Waals surface area contributed by atoms with Crippen LogP contribution in [-0.4, -0.2) is 71.7 Å². The molecule has 7 aromatic rings. The predicted molar refractivity (Wildman–Crippen MR) is 264 cm³/mol. The molecule has 0 aliphatic rings. The highest BCUT2D eigenvalue weighted by molar-refractivity contribution is 6.74. The number of aromatic nitrogens is 2. The van der Waals surface area contributed by atoms with E-state index in [2.05, 4.69) is 139 Å². The highest BCUT2D eigenvalue weighted by Crippen LogP contribution is 2.38. The van der Waals surface area contributed by atoms with E-state index in [-0.39, 0.29) is 17.7 Å². The van der Waals surface area contributed by atoms with Crippen molar-refractivity contribution >= 4 is 30.7 Å². The Morgan fingerprint density at radius 1 is 0.594 bits per heavy atom. The maximum Gasteiger partial charge on any atom is 0.192 e. The second kappa shape index (κ2) is 23.1. The predicted octanol–water partition coefficient (Wildman–Crippen LogP) is 10.3. The lowest BCUT2D eigenvalue weighted by atomic mass is 10.1. The number of benzene rings is 6. The molecule has 6 aromatic carbocycles. The van der Waals surface area contributed by atoms with Gasteiger partial charge in [0.15, 0.2) is 8.32 Å². The van der Waals surface area contributed by atoms with Gasteiger partial charge in [-0.15, -0.1) is 0 Å². The minimum absolute atomic E-state index is 0.0764. The van der Waals surface area contributed by atoms with Gasteiger partial charge in [0.2, 0.25) is 0 Å². The average Bonchev–Trinajstić information content (AvgIpc) is 3.77. The summed E-state index contributed by atoms with van der Waals surface area (Å²) in [6, 6.07) is 53.0. The molecule has 6 N–H and O–H groups in total. The van der Waals surface area contributed by atoms with Crippen LogP contribution in [0.2, 0.25) is 18.1 Å². The minimum atomic E-state index is -2.03. The highest BCUT2D eigenvalue weighted by atomic mass is 28.4. The van der Waals surface area contributed by atoms with E-state index in [1.54, 1.807) is 24.5 Å². The zero-order valence-electron chi connectivity index (χ0n) is 38.1. The fourth-order valence-electron chi connectivity index (χ4n) is 7.20. The Hall–Kier alpha value is -5.95. The van der Waals surface area contributed by atoms with E-state index < -0.39 is 14.4 Å². The van der Waals surface area contributed by atoms with Crippen molar-refractivity contribution in [1.82, 2.24) is 19.8 Å². The van der Waals surface area contributed by atoms with Gasteiger partial charge in [-0.3, -0.25) is 9.80 Å². The van der Waals surface area contributed by atoms with Crippen molar-refractivity contribution in [2.45, 2.75) is 77.3 Å². The van der Waals surface area contributed by atoms with E-state index in [0.717, 1.165) is 49.5 Å². The molecule has 0 fully saturated rings. The van der Waals surface area contributed by atoms with E-state index in [1.807, 2.05) is 54.6 Å². The number of aromatic amines is 1. The van der Waals surface area contributed by atoms with Gasteiger partial charge < -0.3 is 35.5 Å². The normalized spacial score (nSPS) is 12.8. The van der Waals surface area contributed by atoms with Crippen LogP contribution in [0.25, 0.3) is 11.0 Å². The van der Waals surface area contributed by atoms with Crippen molar-refractivity contribution in [2.75, 3.05) is 37.8 Å². The monoisotopic (exact) mass is 878 g/mol. The van der Waals surface area contributed by atoms with E-state index >= 15 is 0 Å². The van der Waals surface area contributed by atoms with Crippen LogP contribution in [0.4, 0.5) is 11.4 Å². The summed E-state index contributed by atoms with van der Waals surface area (Å²) in [6.07, 6.45) is 0.976. The molecular weight excluding hydrogens is 813 g/mol. The SMILES string of the molecule is CC(C)(C)[Si](C)(C)O[C@H](COc1cccc2[nH]cnc12)CN(Cc1ccccc1)Cc1ccccc1.Nc1cccc(OC[C@@H](O)CN(Cc2ccccc2)Cc2ccccc2)c1N. The molecule has 64 heavy (non-hydrogen) atoms. The van der Waals surface area contributed by atoms with Gasteiger partial charge in [-0.05, 0) is 64.7 Å². The second-order valence-corrected chi connectivity index (χ2v) is 22.6. The van der Waals surface area contributed by atoms with Crippen LogP contribution in [0, 0.1) is 0 Å². The van der Waals surface area contributed by atoms with Crippen LogP contribution in [0.3, 0.4) is 0 Å². The van der Waals surface area contributed by atoms with Crippen LogP contribution < -0.4 is 20.9 Å². The van der Waals surface area contributed by atoms with Gasteiger partial charge in [-0.2, -0.15) is 0 Å². The Labute approximate surface area is 381 Å². The first-order chi connectivity index (χ1) is 30.8. The van der Waals surface area contributed by atoms with E-state index in [1.165, 1.54) is 22.3 Å². The number of H-pyrrole nitrogens is 1. The first kappa shape index (κ1) is 47.5. The Kier molecular flexibility index (Phi) is 17.2. The van der Waals surface area contributed by atoms with Crippen molar-refractivity contribution in [2.24, 2.45) is 0 Å². The lowest BCUT2D eigenvalue weighted by Crippen LogP contribution is -2.48. The summed E-state index contributed by atoms with van der Waals surface area (Å²) in [7, 11) is -2.03. The third-order valence-corrected chi connectivity index (χ3v) is 16.1. The zero-order chi connectivity index (χ0) is 45.4. The van der Waals surface area contributed by atoms with E-state index in [4.69, 9.17) is 25.4 Å². The van der Waals surface area contributed by atoms with Gasteiger partial charge >= 0.3 is 0 Å². The number of fused-ring (bicyclic) bond motifs is 1. The lowest BCUT2D eigenvalue weighted by molar-refractivity contribution is 0.0631. The molecule has 0 spiro atoms. The van der Waals surface area contributed by atoms with Crippen LogP contribution in [0.15, 0.2) is 164 Å². The molecule has 336 valence electrons. The van der Waals surface area contributed by atoms with Crippen molar-refractivity contribution in [1.29, 1.82) is 0 Å². The van der Waals surface area contributed by atoms with Gasteiger partial charge in [0.05, 0.1) is 29.3 Å². The first-order valence-electron chi connectivity index (χ1n) is 22.1. The molecule has 11 heteroatoms. The summed E-state index contributed by atoms with van der Waals surface area (Å²) < 4.78 is 19.1. The fraction of sp³-hybridized carbons (Fsp3) is 0.302. The molecule has 0 bridgehead atoms. The van der Waals surface area contributed by atoms with Crippen molar-refractivity contribution < 1.29 is 19.0 Å². The minimum Gasteiger partial charge on any atom is -0.489 e. The summed E-state index contributed by atoms with van der Waals surface area (Å²) in [6.45, 7) is 16.5. The number of rotatable bonds is 20. The number of nitrogens with one attached hydrogen (secondary N) is 1. The number of imidazole rings is 1. The molecule has 2 atom stereocenters. The summed E-state index contributed by atoms with van der Waals surface area (Å²) in [5, 5.41) is 10.7. The lowest BCUT2D eigenvalue weighted by Gasteiger charge is -2.40. The summed E-state index contributed by atoms with van der Waals surface area (Å²) >= 11 is 0. The van der Waals surface area contributed by atoms with Crippen LogP contribution in [0.1, 0.15) is 43.0 Å².